The molecule has 2 aliphatic rings. The Balaban J connectivity index is 1.40. The van der Waals surface area contributed by atoms with Crippen LogP contribution in [0.15, 0.2) is 42.5 Å². The molecule has 3 heterocycles. The number of hydrogen-bond acceptors (Lipinski definition) is 4. The van der Waals surface area contributed by atoms with E-state index in [1.165, 1.54) is 0 Å². The first-order valence-corrected chi connectivity index (χ1v) is 9.73. The van der Waals surface area contributed by atoms with Crippen LogP contribution in [0.5, 0.6) is 0 Å². The van der Waals surface area contributed by atoms with Crippen LogP contribution in [-0.2, 0) is 11.3 Å². The molecule has 1 atom stereocenters. The number of nitrogens with zero attached hydrogens (tertiary/aromatic N) is 2. The maximum atomic E-state index is 12.4. The van der Waals surface area contributed by atoms with E-state index >= 15 is 0 Å². The van der Waals surface area contributed by atoms with Gasteiger partial charge in [-0.1, -0.05) is 18.2 Å². The van der Waals surface area contributed by atoms with Crippen LogP contribution in [0.25, 0.3) is 22.4 Å². The van der Waals surface area contributed by atoms with Gasteiger partial charge in [-0.05, 0) is 37.1 Å². The molecule has 1 unspecified atom stereocenters. The molecule has 28 heavy (non-hydrogen) atoms. The monoisotopic (exact) mass is 375 g/mol. The zero-order valence-electron chi connectivity index (χ0n) is 15.5. The van der Waals surface area contributed by atoms with Crippen molar-refractivity contribution in [1.29, 1.82) is 0 Å². The molecule has 1 amide bonds. The fraction of sp³-hybridized carbons (Fsp3) is 0.318. The fourth-order valence-electron chi connectivity index (χ4n) is 4.08. The zero-order valence-corrected chi connectivity index (χ0v) is 15.5. The molecule has 6 heteroatoms. The van der Waals surface area contributed by atoms with Crippen molar-refractivity contribution >= 4 is 22.7 Å². The van der Waals surface area contributed by atoms with Crippen molar-refractivity contribution < 1.29 is 14.3 Å². The van der Waals surface area contributed by atoms with Crippen LogP contribution in [0.1, 0.15) is 40.0 Å². The number of aromatic nitrogens is 2. The van der Waals surface area contributed by atoms with Crippen LogP contribution in [-0.4, -0.2) is 40.5 Å². The largest absolute Gasteiger partial charge is 0.376 e. The number of benzene rings is 2. The lowest BCUT2D eigenvalue weighted by Crippen LogP contribution is -2.31. The third-order valence-electron chi connectivity index (χ3n) is 5.55. The van der Waals surface area contributed by atoms with Gasteiger partial charge in [0.05, 0.1) is 17.1 Å². The maximum Gasteiger partial charge on any atom is 0.251 e. The molecule has 142 valence electrons. The normalized spacial score (nSPS) is 18.6. The minimum atomic E-state index is -0.0930. The highest BCUT2D eigenvalue weighted by atomic mass is 16.5. The first-order chi connectivity index (χ1) is 13.7. The molecule has 0 aliphatic carbocycles. The van der Waals surface area contributed by atoms with Crippen LogP contribution < -0.4 is 5.32 Å². The predicted octanol–water partition coefficient (Wildman–Crippen LogP) is 3.20. The molecule has 0 radical (unpaired) electrons. The lowest BCUT2D eigenvalue weighted by atomic mass is 10.0. The molecule has 1 N–H and O–H groups in total. The van der Waals surface area contributed by atoms with Crippen LogP contribution in [0.2, 0.25) is 0 Å². The van der Waals surface area contributed by atoms with Gasteiger partial charge in [0.2, 0.25) is 0 Å². The van der Waals surface area contributed by atoms with E-state index in [0.717, 1.165) is 47.4 Å². The maximum absolute atomic E-state index is 12.4. The van der Waals surface area contributed by atoms with Gasteiger partial charge in [-0.2, -0.15) is 0 Å². The second-order valence-corrected chi connectivity index (χ2v) is 7.36. The number of rotatable bonds is 4. The van der Waals surface area contributed by atoms with Crippen molar-refractivity contribution in [2.24, 2.45) is 0 Å². The molecule has 1 fully saturated rings. The minimum absolute atomic E-state index is 0.0930. The molecule has 3 aromatic rings. The van der Waals surface area contributed by atoms with Crippen molar-refractivity contribution in [3.63, 3.8) is 0 Å². The Hall–Kier alpha value is -2.99. The second kappa shape index (κ2) is 6.87. The van der Waals surface area contributed by atoms with E-state index < -0.39 is 0 Å². The lowest BCUT2D eigenvalue weighted by Gasteiger charge is -2.16. The second-order valence-electron chi connectivity index (χ2n) is 7.36. The summed E-state index contributed by atoms with van der Waals surface area (Å²) in [6.45, 7) is 1.96. The van der Waals surface area contributed by atoms with E-state index in [9.17, 15) is 9.59 Å². The third kappa shape index (κ3) is 2.90. The van der Waals surface area contributed by atoms with Crippen LogP contribution in [0.4, 0.5) is 0 Å². The van der Waals surface area contributed by atoms with Gasteiger partial charge < -0.3 is 14.6 Å². The lowest BCUT2D eigenvalue weighted by molar-refractivity contribution is 0.0857. The van der Waals surface area contributed by atoms with Crippen LogP contribution >= 0.6 is 0 Å². The Morgan fingerprint density at radius 2 is 2.07 bits per heavy atom. The Bertz CT molecular complexity index is 1060. The van der Waals surface area contributed by atoms with Crippen molar-refractivity contribution in [2.45, 2.75) is 31.9 Å². The summed E-state index contributed by atoms with van der Waals surface area (Å²) < 4.78 is 7.65. The summed E-state index contributed by atoms with van der Waals surface area (Å²) in [4.78, 5) is 29.3. The number of hydrogen-bond donors (Lipinski definition) is 1. The first-order valence-electron chi connectivity index (χ1n) is 9.73. The molecule has 1 saturated heterocycles. The molecule has 1 aromatic heterocycles. The summed E-state index contributed by atoms with van der Waals surface area (Å²) in [5.41, 5.74) is 4.04. The number of carbonyl (C=O) groups excluding carboxylic acids is 2. The van der Waals surface area contributed by atoms with E-state index in [0.29, 0.717) is 25.1 Å². The summed E-state index contributed by atoms with van der Waals surface area (Å²) >= 11 is 0. The van der Waals surface area contributed by atoms with E-state index in [2.05, 4.69) is 9.88 Å². The van der Waals surface area contributed by atoms with Gasteiger partial charge in [-0.15, -0.1) is 0 Å². The Morgan fingerprint density at radius 1 is 1.21 bits per heavy atom. The topological polar surface area (TPSA) is 73.2 Å². The summed E-state index contributed by atoms with van der Waals surface area (Å²) in [6, 6.07) is 13.2. The SMILES string of the molecule is O=C(NCC1CCCO1)c1ccc(-c2nc3cccc4c3n2CCC4=O)cc1. The number of aryl methyl sites for hydroxylation is 1. The Kier molecular flexibility index (Phi) is 4.20. The van der Waals surface area contributed by atoms with Gasteiger partial charge in [0.1, 0.15) is 5.82 Å². The quantitative estimate of drug-likeness (QED) is 0.760. The molecule has 0 spiro atoms. The molecular formula is C22H21N3O3. The standard InChI is InChI=1S/C22H21N3O3/c26-19-10-11-25-20-17(19)4-1-5-18(20)24-21(25)14-6-8-15(9-7-14)22(27)23-13-16-3-2-12-28-16/h1,4-9,16H,2-3,10-13H2,(H,23,27). The molecule has 0 saturated carbocycles. The van der Waals surface area contributed by atoms with Gasteiger partial charge in [0.25, 0.3) is 5.91 Å². The predicted molar refractivity (Wildman–Crippen MR) is 105 cm³/mol. The average Bonchev–Trinajstić information content (AvgIpc) is 3.38. The first kappa shape index (κ1) is 17.1. The summed E-state index contributed by atoms with van der Waals surface area (Å²) in [5, 5.41) is 2.94. The van der Waals surface area contributed by atoms with E-state index in [4.69, 9.17) is 9.72 Å². The Labute approximate surface area is 162 Å². The van der Waals surface area contributed by atoms with Gasteiger partial charge in [0, 0.05) is 42.8 Å². The minimum Gasteiger partial charge on any atom is -0.376 e. The summed E-state index contributed by atoms with van der Waals surface area (Å²) in [5.74, 6) is 0.911. The van der Waals surface area contributed by atoms with Gasteiger partial charge in [-0.25, -0.2) is 4.98 Å². The van der Waals surface area contributed by atoms with Crippen molar-refractivity contribution in [3.05, 3.63) is 53.6 Å². The van der Waals surface area contributed by atoms with Gasteiger partial charge >= 0.3 is 0 Å². The molecule has 5 rings (SSSR count). The van der Waals surface area contributed by atoms with Crippen LogP contribution in [0.3, 0.4) is 0 Å². The molecule has 2 aliphatic heterocycles. The Morgan fingerprint density at radius 3 is 2.86 bits per heavy atom. The average molecular weight is 375 g/mol. The number of carbonyl (C=O) groups is 2. The summed E-state index contributed by atoms with van der Waals surface area (Å²) in [6.07, 6.45) is 2.67. The molecule has 0 bridgehead atoms. The smallest absolute Gasteiger partial charge is 0.251 e. The third-order valence-corrected chi connectivity index (χ3v) is 5.55. The number of amides is 1. The van der Waals surface area contributed by atoms with E-state index in [1.54, 1.807) is 0 Å². The highest BCUT2D eigenvalue weighted by Crippen LogP contribution is 2.31. The molecular weight excluding hydrogens is 354 g/mol. The molecule has 2 aromatic carbocycles. The van der Waals surface area contributed by atoms with Crippen LogP contribution in [0, 0.1) is 0 Å². The number of nitrogens with one attached hydrogen (secondary N) is 1. The number of imidazole rings is 1. The van der Waals surface area contributed by atoms with Crippen molar-refractivity contribution in [3.8, 4) is 11.4 Å². The van der Waals surface area contributed by atoms with E-state index in [1.807, 2.05) is 42.5 Å². The number of ketones is 1. The van der Waals surface area contributed by atoms with Crippen molar-refractivity contribution in [1.82, 2.24) is 14.9 Å². The number of ether oxygens (including phenoxy) is 1. The fourth-order valence-corrected chi connectivity index (χ4v) is 4.08. The number of Topliss-reactive ketones (excluding diaryl/α,β-unsaturated/α-hetero) is 1. The zero-order chi connectivity index (χ0) is 19.1. The van der Waals surface area contributed by atoms with Gasteiger partial charge in [-0.3, -0.25) is 9.59 Å². The highest BCUT2D eigenvalue weighted by molar-refractivity contribution is 6.08. The van der Waals surface area contributed by atoms with Crippen molar-refractivity contribution in [2.75, 3.05) is 13.2 Å². The van der Waals surface area contributed by atoms with Gasteiger partial charge in [0.15, 0.2) is 5.78 Å². The highest BCUT2D eigenvalue weighted by Gasteiger charge is 2.23. The molecule has 6 nitrogen and oxygen atoms in total. The number of para-hydroxylation sites is 1. The summed E-state index contributed by atoms with van der Waals surface area (Å²) in [7, 11) is 0. The van der Waals surface area contributed by atoms with E-state index in [-0.39, 0.29) is 17.8 Å².